The van der Waals surface area contributed by atoms with Crippen LogP contribution in [0.15, 0.2) is 36.4 Å². The second kappa shape index (κ2) is 3.97. The summed E-state index contributed by atoms with van der Waals surface area (Å²) in [5.41, 5.74) is 0.809. The van der Waals surface area contributed by atoms with Crippen molar-refractivity contribution in [1.82, 2.24) is 0 Å². The van der Waals surface area contributed by atoms with Crippen molar-refractivity contribution < 1.29 is 9.90 Å². The molecule has 0 bridgehead atoms. The van der Waals surface area contributed by atoms with Gasteiger partial charge in [-0.3, -0.25) is 0 Å². The molecular weight excluding hydrogens is 172 g/mol. The number of carboxylic acid groups (broad SMARTS) is 1. The molecule has 0 aliphatic rings. The van der Waals surface area contributed by atoms with Gasteiger partial charge in [0.2, 0.25) is 0 Å². The zero-order valence-electron chi connectivity index (χ0n) is 6.27. The minimum absolute atomic E-state index is 0.461. The summed E-state index contributed by atoms with van der Waals surface area (Å²) in [5.74, 6) is -0.983. The molecule has 1 rings (SSSR count). The molecule has 0 radical (unpaired) electrons. The van der Waals surface area contributed by atoms with Crippen LogP contribution < -0.4 is 0 Å². The Bertz CT molecular complexity index is 304. The molecule has 0 aromatic heterocycles. The highest BCUT2D eigenvalue weighted by Crippen LogP contribution is 2.16. The van der Waals surface area contributed by atoms with Gasteiger partial charge in [-0.2, -0.15) is 0 Å². The van der Waals surface area contributed by atoms with Crippen molar-refractivity contribution >= 4 is 23.5 Å². The van der Waals surface area contributed by atoms with Crippen molar-refractivity contribution in [2.45, 2.75) is 0 Å². The average Bonchev–Trinajstić information content (AvgIpc) is 2.05. The molecule has 2 nitrogen and oxygen atoms in total. The van der Waals surface area contributed by atoms with Gasteiger partial charge in [0.25, 0.3) is 0 Å². The third kappa shape index (κ3) is 2.43. The lowest BCUT2D eigenvalue weighted by Crippen LogP contribution is -1.88. The molecule has 0 spiro atoms. The van der Waals surface area contributed by atoms with E-state index in [-0.39, 0.29) is 0 Å². The minimum atomic E-state index is -0.983. The van der Waals surface area contributed by atoms with Gasteiger partial charge in [-0.25, -0.2) is 4.79 Å². The number of aliphatic carboxylic acids is 1. The molecule has 0 amide bonds. The van der Waals surface area contributed by atoms with Crippen LogP contribution in [0.3, 0.4) is 0 Å². The molecule has 0 saturated heterocycles. The van der Waals surface area contributed by atoms with E-state index in [1.165, 1.54) is 0 Å². The van der Waals surface area contributed by atoms with Crippen LogP contribution in [0.4, 0.5) is 0 Å². The highest BCUT2D eigenvalue weighted by Gasteiger charge is 1.96. The zero-order chi connectivity index (χ0) is 8.97. The molecule has 1 N–H and O–H groups in total. The number of thiol groups is 1. The Morgan fingerprint density at radius 3 is 2.42 bits per heavy atom. The maximum absolute atomic E-state index is 10.3. The van der Waals surface area contributed by atoms with Crippen molar-refractivity contribution in [1.29, 1.82) is 0 Å². The first-order valence-electron chi connectivity index (χ1n) is 3.39. The Morgan fingerprint density at radius 2 is 1.92 bits per heavy atom. The van der Waals surface area contributed by atoms with Crippen LogP contribution in [-0.4, -0.2) is 11.1 Å². The second-order valence-electron chi connectivity index (χ2n) is 2.23. The fourth-order valence-corrected chi connectivity index (χ4v) is 1.07. The molecule has 0 heterocycles. The lowest BCUT2D eigenvalue weighted by Gasteiger charge is -1.96. The lowest BCUT2D eigenvalue weighted by molar-refractivity contribution is -0.131. The maximum Gasteiger partial charge on any atom is 0.329 e. The molecule has 12 heavy (non-hydrogen) atoms. The lowest BCUT2D eigenvalue weighted by atomic mass is 10.2. The molecule has 0 fully saturated rings. The Balaban J connectivity index is 2.93. The quantitative estimate of drug-likeness (QED) is 0.540. The SMILES string of the molecule is O=C(O)C=C(S)c1ccccc1. The Labute approximate surface area is 75.9 Å². The molecule has 3 heteroatoms. The summed E-state index contributed by atoms with van der Waals surface area (Å²) in [5, 5.41) is 8.42. The fourth-order valence-electron chi connectivity index (χ4n) is 0.809. The number of hydrogen-bond acceptors (Lipinski definition) is 2. The van der Waals surface area contributed by atoms with E-state index in [0.29, 0.717) is 4.91 Å². The average molecular weight is 180 g/mol. The van der Waals surface area contributed by atoms with Crippen molar-refractivity contribution in [2.24, 2.45) is 0 Å². The van der Waals surface area contributed by atoms with Crippen molar-refractivity contribution in [3.63, 3.8) is 0 Å². The van der Waals surface area contributed by atoms with Gasteiger partial charge in [-0.1, -0.05) is 30.3 Å². The summed E-state index contributed by atoms with van der Waals surface area (Å²) in [7, 11) is 0. The van der Waals surface area contributed by atoms with Gasteiger partial charge in [0.05, 0.1) is 0 Å². The zero-order valence-corrected chi connectivity index (χ0v) is 7.16. The van der Waals surface area contributed by atoms with Gasteiger partial charge in [0.1, 0.15) is 0 Å². The Hall–Kier alpha value is -1.22. The van der Waals surface area contributed by atoms with Crippen LogP contribution in [0.25, 0.3) is 4.91 Å². The summed E-state index contributed by atoms with van der Waals surface area (Å²) < 4.78 is 0. The molecular formula is C9H8O2S. The summed E-state index contributed by atoms with van der Waals surface area (Å²) in [4.78, 5) is 10.7. The van der Waals surface area contributed by atoms with E-state index in [9.17, 15) is 4.79 Å². The van der Waals surface area contributed by atoms with Gasteiger partial charge in [0.15, 0.2) is 0 Å². The summed E-state index contributed by atoms with van der Waals surface area (Å²) in [6.07, 6.45) is 1.07. The largest absolute Gasteiger partial charge is 0.478 e. The number of carboxylic acids is 1. The highest BCUT2D eigenvalue weighted by atomic mass is 32.1. The predicted octanol–water partition coefficient (Wildman–Crippen LogP) is 2.04. The van der Waals surface area contributed by atoms with E-state index in [4.69, 9.17) is 5.11 Å². The molecule has 0 aliphatic heterocycles. The predicted molar refractivity (Wildman–Crippen MR) is 51.0 cm³/mol. The van der Waals surface area contributed by atoms with Gasteiger partial charge < -0.3 is 5.11 Å². The van der Waals surface area contributed by atoms with Crippen LogP contribution >= 0.6 is 12.6 Å². The highest BCUT2D eigenvalue weighted by molar-refractivity contribution is 7.90. The normalized spacial score (nSPS) is 11.2. The van der Waals surface area contributed by atoms with E-state index in [1.54, 1.807) is 0 Å². The number of hydrogen-bond donors (Lipinski definition) is 2. The van der Waals surface area contributed by atoms with Crippen LogP contribution in [-0.2, 0) is 4.79 Å². The third-order valence-electron chi connectivity index (χ3n) is 1.33. The second-order valence-corrected chi connectivity index (χ2v) is 2.72. The molecule has 0 atom stereocenters. The summed E-state index contributed by atoms with van der Waals surface area (Å²) >= 11 is 4.04. The number of carbonyl (C=O) groups is 1. The first kappa shape index (κ1) is 8.87. The van der Waals surface area contributed by atoms with E-state index in [2.05, 4.69) is 12.6 Å². The van der Waals surface area contributed by atoms with E-state index >= 15 is 0 Å². The third-order valence-corrected chi connectivity index (χ3v) is 1.72. The summed E-state index contributed by atoms with van der Waals surface area (Å²) in [6, 6.07) is 9.15. The van der Waals surface area contributed by atoms with Gasteiger partial charge in [-0.05, 0) is 5.56 Å². The van der Waals surface area contributed by atoms with Crippen LogP contribution in [0.5, 0.6) is 0 Å². The molecule has 1 aromatic rings. The number of benzene rings is 1. The fraction of sp³-hybridized carbons (Fsp3) is 0. The monoisotopic (exact) mass is 180 g/mol. The first-order valence-corrected chi connectivity index (χ1v) is 3.84. The van der Waals surface area contributed by atoms with E-state index in [1.807, 2.05) is 30.3 Å². The Morgan fingerprint density at radius 1 is 1.33 bits per heavy atom. The van der Waals surface area contributed by atoms with Crippen molar-refractivity contribution in [3.05, 3.63) is 42.0 Å². The van der Waals surface area contributed by atoms with Crippen molar-refractivity contribution in [3.8, 4) is 0 Å². The van der Waals surface area contributed by atoms with Gasteiger partial charge >= 0.3 is 5.97 Å². The standard InChI is InChI=1S/C9H8O2S/c10-9(11)6-8(12)7-4-2-1-3-5-7/h1-6,12H,(H,10,11). The van der Waals surface area contributed by atoms with E-state index in [0.717, 1.165) is 11.6 Å². The minimum Gasteiger partial charge on any atom is -0.478 e. The molecule has 1 aromatic carbocycles. The molecule has 0 saturated carbocycles. The van der Waals surface area contributed by atoms with Crippen LogP contribution in [0, 0.1) is 0 Å². The smallest absolute Gasteiger partial charge is 0.329 e. The van der Waals surface area contributed by atoms with Crippen LogP contribution in [0.1, 0.15) is 5.56 Å². The van der Waals surface area contributed by atoms with Gasteiger partial charge in [0, 0.05) is 11.0 Å². The van der Waals surface area contributed by atoms with Gasteiger partial charge in [-0.15, -0.1) is 12.6 Å². The number of rotatable bonds is 2. The topological polar surface area (TPSA) is 37.3 Å². The molecule has 0 unspecified atom stereocenters. The van der Waals surface area contributed by atoms with Crippen molar-refractivity contribution in [2.75, 3.05) is 0 Å². The first-order chi connectivity index (χ1) is 5.70. The Kier molecular flexibility index (Phi) is 2.94. The molecule has 0 aliphatic carbocycles. The van der Waals surface area contributed by atoms with E-state index < -0.39 is 5.97 Å². The maximum atomic E-state index is 10.3. The summed E-state index contributed by atoms with van der Waals surface area (Å²) in [6.45, 7) is 0. The molecule has 62 valence electrons. The van der Waals surface area contributed by atoms with Crippen LogP contribution in [0.2, 0.25) is 0 Å².